The number of hydrogen-bond acceptors (Lipinski definition) is 2. The molecule has 5 heteroatoms. The summed E-state index contributed by atoms with van der Waals surface area (Å²) in [7, 11) is 0. The van der Waals surface area contributed by atoms with E-state index in [1.54, 1.807) is 48.5 Å². The first-order chi connectivity index (χ1) is 9.72. The van der Waals surface area contributed by atoms with Crippen molar-refractivity contribution in [2.45, 2.75) is 6.42 Å². The Kier molecular flexibility index (Phi) is 4.44. The summed E-state index contributed by atoms with van der Waals surface area (Å²) in [5.74, 6) is -1.47. The molecular weight excluding hydrogens is 259 g/mol. The summed E-state index contributed by atoms with van der Waals surface area (Å²) in [5, 5.41) is 0. The molecular formula is C15H13FN2O2. The van der Waals surface area contributed by atoms with E-state index >= 15 is 0 Å². The van der Waals surface area contributed by atoms with Crippen molar-refractivity contribution in [2.24, 2.45) is 0 Å². The van der Waals surface area contributed by atoms with Gasteiger partial charge in [-0.1, -0.05) is 36.4 Å². The van der Waals surface area contributed by atoms with Crippen LogP contribution in [0.3, 0.4) is 0 Å². The minimum absolute atomic E-state index is 0.502. The van der Waals surface area contributed by atoms with Crippen LogP contribution in [0.4, 0.5) is 15.9 Å². The lowest BCUT2D eigenvalue weighted by atomic mass is 10.2. The van der Waals surface area contributed by atoms with Crippen LogP contribution in [-0.4, -0.2) is 11.8 Å². The van der Waals surface area contributed by atoms with Crippen LogP contribution < -0.4 is 10.4 Å². The van der Waals surface area contributed by atoms with E-state index in [9.17, 15) is 14.1 Å². The van der Waals surface area contributed by atoms with Gasteiger partial charge in [0.2, 0.25) is 5.91 Å². The molecule has 0 radical (unpaired) electrons. The molecule has 0 heterocycles. The molecule has 102 valence electrons. The molecule has 0 aliphatic heterocycles. The van der Waals surface area contributed by atoms with Gasteiger partial charge in [0.05, 0.1) is 0 Å². The third-order valence-electron chi connectivity index (χ3n) is 2.70. The van der Waals surface area contributed by atoms with Gasteiger partial charge in [-0.05, 0) is 24.3 Å². The molecule has 2 aromatic rings. The zero-order valence-electron chi connectivity index (χ0n) is 10.6. The Hall–Kier alpha value is -2.69. The third-order valence-corrected chi connectivity index (χ3v) is 2.70. The molecule has 2 rings (SSSR count). The van der Waals surface area contributed by atoms with Gasteiger partial charge in [-0.2, -0.15) is 5.54 Å². The van der Waals surface area contributed by atoms with Crippen LogP contribution in [0.25, 0.3) is 0 Å². The molecule has 0 spiro atoms. The number of amides is 2. The fourth-order valence-corrected chi connectivity index (χ4v) is 1.84. The van der Waals surface area contributed by atoms with E-state index in [0.29, 0.717) is 11.4 Å². The van der Waals surface area contributed by atoms with E-state index in [4.69, 9.17) is 0 Å². The molecule has 2 amide bonds. The van der Waals surface area contributed by atoms with Crippen molar-refractivity contribution >= 4 is 23.2 Å². The van der Waals surface area contributed by atoms with Crippen LogP contribution in [0.1, 0.15) is 6.42 Å². The highest BCUT2D eigenvalue weighted by molar-refractivity contribution is 6.08. The molecule has 1 N–H and O–H groups in total. The minimum atomic E-state index is -0.966. The zero-order chi connectivity index (χ0) is 14.4. The number of anilines is 2. The van der Waals surface area contributed by atoms with Crippen LogP contribution >= 0.6 is 0 Å². The number of halogens is 1. The van der Waals surface area contributed by atoms with Crippen molar-refractivity contribution in [1.29, 1.82) is 0 Å². The van der Waals surface area contributed by atoms with E-state index in [2.05, 4.69) is 0 Å². The number of nitrogens with zero attached hydrogens (tertiary/aromatic N) is 1. The highest BCUT2D eigenvalue weighted by Crippen LogP contribution is 2.25. The first kappa shape index (κ1) is 13.7. The lowest BCUT2D eigenvalue weighted by Gasteiger charge is -2.22. The summed E-state index contributed by atoms with van der Waals surface area (Å²) in [6.45, 7) is 0. The van der Waals surface area contributed by atoms with Gasteiger partial charge in [0.15, 0.2) is 0 Å². The first-order valence-electron chi connectivity index (χ1n) is 6.05. The van der Waals surface area contributed by atoms with E-state index < -0.39 is 18.2 Å². The fourth-order valence-electron chi connectivity index (χ4n) is 1.84. The van der Waals surface area contributed by atoms with Crippen molar-refractivity contribution < 1.29 is 14.1 Å². The molecule has 0 saturated heterocycles. The Morgan fingerprint density at radius 3 is 1.75 bits per heavy atom. The summed E-state index contributed by atoms with van der Waals surface area (Å²) < 4.78 is 12.0. The number of benzene rings is 2. The predicted molar refractivity (Wildman–Crippen MR) is 73.9 cm³/mol. The van der Waals surface area contributed by atoms with Crippen LogP contribution in [0, 0.1) is 0 Å². The van der Waals surface area contributed by atoms with Crippen LogP contribution in [0.2, 0.25) is 0 Å². The average Bonchev–Trinajstić information content (AvgIpc) is 2.49. The van der Waals surface area contributed by atoms with Gasteiger partial charge in [-0.3, -0.25) is 14.5 Å². The first-order valence-corrected chi connectivity index (χ1v) is 6.05. The normalized spacial score (nSPS) is 9.85. The maximum Gasteiger partial charge on any atom is 0.257 e. The van der Waals surface area contributed by atoms with Gasteiger partial charge in [-0.25, -0.2) is 0 Å². The summed E-state index contributed by atoms with van der Waals surface area (Å²) >= 11 is 0. The molecule has 0 unspecified atom stereocenters. The molecule has 0 aromatic heterocycles. The largest absolute Gasteiger partial charge is 0.281 e. The zero-order valence-corrected chi connectivity index (χ0v) is 10.6. The lowest BCUT2D eigenvalue weighted by Crippen LogP contribution is -2.30. The summed E-state index contributed by atoms with van der Waals surface area (Å²) in [5.41, 5.74) is 2.21. The molecule has 20 heavy (non-hydrogen) atoms. The van der Waals surface area contributed by atoms with Gasteiger partial charge in [0.25, 0.3) is 5.91 Å². The monoisotopic (exact) mass is 272 g/mol. The number of rotatable bonds is 4. The Morgan fingerprint density at radius 2 is 1.35 bits per heavy atom. The van der Waals surface area contributed by atoms with E-state index in [1.165, 1.54) is 4.90 Å². The summed E-state index contributed by atoms with van der Waals surface area (Å²) in [6, 6.07) is 17.8. The van der Waals surface area contributed by atoms with E-state index in [-0.39, 0.29) is 0 Å². The Morgan fingerprint density at radius 1 is 0.900 bits per heavy atom. The molecule has 0 aliphatic carbocycles. The maximum absolute atomic E-state index is 12.2. The second-order valence-electron chi connectivity index (χ2n) is 4.09. The van der Waals surface area contributed by atoms with Crippen molar-refractivity contribution in [1.82, 2.24) is 5.54 Å². The summed E-state index contributed by atoms with van der Waals surface area (Å²) in [6.07, 6.45) is -0.555. The second-order valence-corrected chi connectivity index (χ2v) is 4.09. The maximum atomic E-state index is 12.2. The van der Waals surface area contributed by atoms with Gasteiger partial charge in [0, 0.05) is 11.4 Å². The van der Waals surface area contributed by atoms with E-state index in [0.717, 1.165) is 5.54 Å². The highest BCUT2D eigenvalue weighted by atomic mass is 19.2. The van der Waals surface area contributed by atoms with Crippen molar-refractivity contribution in [2.75, 3.05) is 4.90 Å². The number of nitrogens with one attached hydrogen (secondary N) is 1. The second kappa shape index (κ2) is 6.47. The third kappa shape index (κ3) is 3.20. The predicted octanol–water partition coefficient (Wildman–Crippen LogP) is 2.74. The standard InChI is InChI=1S/C15H13FN2O2/c16-17-14(19)11-15(20)18(12-7-3-1-4-8-12)13-9-5-2-6-10-13/h1-10H,11H2,(H,17,19). The molecule has 0 fully saturated rings. The number of carbonyl (C=O) groups is 2. The van der Waals surface area contributed by atoms with Crippen molar-refractivity contribution in [3.05, 3.63) is 60.7 Å². The van der Waals surface area contributed by atoms with Gasteiger partial charge < -0.3 is 0 Å². The SMILES string of the molecule is O=C(CC(=O)N(c1ccccc1)c1ccccc1)NF. The van der Waals surface area contributed by atoms with Crippen LogP contribution in [0.5, 0.6) is 0 Å². The smallest absolute Gasteiger partial charge is 0.257 e. The minimum Gasteiger partial charge on any atom is -0.281 e. The number of para-hydroxylation sites is 2. The molecule has 2 aromatic carbocycles. The Bertz CT molecular complexity index is 548. The number of hydrogen-bond donors (Lipinski definition) is 1. The van der Waals surface area contributed by atoms with Gasteiger partial charge in [0.1, 0.15) is 6.42 Å². The van der Waals surface area contributed by atoms with Gasteiger partial charge in [-0.15, -0.1) is 4.48 Å². The Labute approximate surface area is 115 Å². The van der Waals surface area contributed by atoms with E-state index in [1.807, 2.05) is 12.1 Å². The lowest BCUT2D eigenvalue weighted by molar-refractivity contribution is -0.130. The topological polar surface area (TPSA) is 49.4 Å². The van der Waals surface area contributed by atoms with Gasteiger partial charge >= 0.3 is 0 Å². The molecule has 0 saturated carbocycles. The van der Waals surface area contributed by atoms with Crippen LogP contribution in [0.15, 0.2) is 60.7 Å². The number of carbonyl (C=O) groups excluding carboxylic acids is 2. The molecule has 0 bridgehead atoms. The fraction of sp³-hybridized carbons (Fsp3) is 0.0667. The highest BCUT2D eigenvalue weighted by Gasteiger charge is 2.20. The quantitative estimate of drug-likeness (QED) is 0.687. The van der Waals surface area contributed by atoms with Crippen LogP contribution in [-0.2, 0) is 9.59 Å². The molecule has 0 aliphatic rings. The molecule has 0 atom stereocenters. The Balaban J connectivity index is 2.35. The molecule has 4 nitrogen and oxygen atoms in total. The van der Waals surface area contributed by atoms with Crippen molar-refractivity contribution in [3.8, 4) is 0 Å². The van der Waals surface area contributed by atoms with Crippen molar-refractivity contribution in [3.63, 3.8) is 0 Å². The summed E-state index contributed by atoms with van der Waals surface area (Å²) in [4.78, 5) is 24.7. The average molecular weight is 272 g/mol.